The summed E-state index contributed by atoms with van der Waals surface area (Å²) >= 11 is 6.14. The van der Waals surface area contributed by atoms with Crippen molar-refractivity contribution in [2.24, 2.45) is 7.05 Å². The second kappa shape index (κ2) is 5.29. The van der Waals surface area contributed by atoms with E-state index < -0.39 is 5.97 Å². The van der Waals surface area contributed by atoms with Crippen LogP contribution >= 0.6 is 11.6 Å². The van der Waals surface area contributed by atoms with Crippen LogP contribution in [0.4, 0.5) is 0 Å². The highest BCUT2D eigenvalue weighted by atomic mass is 35.5. The number of hydrogen-bond acceptors (Lipinski definition) is 3. The van der Waals surface area contributed by atoms with Crippen molar-refractivity contribution in [3.63, 3.8) is 0 Å². The molecule has 1 aromatic carbocycles. The van der Waals surface area contributed by atoms with Crippen molar-refractivity contribution >= 4 is 39.4 Å². The van der Waals surface area contributed by atoms with Gasteiger partial charge in [0.15, 0.2) is 0 Å². The lowest BCUT2D eigenvalue weighted by atomic mass is 10.0. The lowest BCUT2D eigenvalue weighted by Gasteiger charge is -2.10. The van der Waals surface area contributed by atoms with Gasteiger partial charge in [0.05, 0.1) is 18.3 Å². The summed E-state index contributed by atoms with van der Waals surface area (Å²) in [7, 11) is 3.37. The first-order valence-corrected chi connectivity index (χ1v) is 7.48. The maximum absolute atomic E-state index is 11.9. The fourth-order valence-electron chi connectivity index (χ4n) is 2.86. The number of benzene rings is 1. The highest BCUT2D eigenvalue weighted by Crippen LogP contribution is 2.34. The number of ether oxygens (including phenoxy) is 1. The van der Waals surface area contributed by atoms with Gasteiger partial charge in [0.2, 0.25) is 0 Å². The van der Waals surface area contributed by atoms with E-state index >= 15 is 0 Å². The third kappa shape index (κ3) is 2.15. The zero-order chi connectivity index (χ0) is 16.0. The molecule has 0 N–H and O–H groups in total. The van der Waals surface area contributed by atoms with Gasteiger partial charge in [-0.25, -0.2) is 9.78 Å². The van der Waals surface area contributed by atoms with Gasteiger partial charge in [-0.05, 0) is 30.2 Å². The molecule has 0 amide bonds. The molecule has 2 heterocycles. The summed E-state index contributed by atoms with van der Waals surface area (Å²) < 4.78 is 6.93. The summed E-state index contributed by atoms with van der Waals surface area (Å²) in [6.07, 6.45) is 0. The van der Waals surface area contributed by atoms with Gasteiger partial charge < -0.3 is 9.30 Å². The Morgan fingerprint density at radius 1 is 1.27 bits per heavy atom. The highest BCUT2D eigenvalue weighted by molar-refractivity contribution is 6.32. The average molecular weight is 317 g/mol. The van der Waals surface area contributed by atoms with E-state index in [2.05, 4.69) is 23.4 Å². The van der Waals surface area contributed by atoms with Crippen molar-refractivity contribution < 1.29 is 9.53 Å². The van der Waals surface area contributed by atoms with E-state index in [1.165, 1.54) is 7.11 Å². The predicted octanol–water partition coefficient (Wildman–Crippen LogP) is 4.29. The number of halogens is 1. The molecule has 0 aliphatic rings. The normalized spacial score (nSPS) is 11.5. The fourth-order valence-corrected chi connectivity index (χ4v) is 3.04. The van der Waals surface area contributed by atoms with Crippen molar-refractivity contribution in [2.45, 2.75) is 19.8 Å². The predicted molar refractivity (Wildman–Crippen MR) is 88.7 cm³/mol. The summed E-state index contributed by atoms with van der Waals surface area (Å²) in [5, 5.41) is 2.65. The van der Waals surface area contributed by atoms with E-state index in [4.69, 9.17) is 16.3 Å². The fraction of sp³-hybridized carbons (Fsp3) is 0.294. The molecule has 3 rings (SSSR count). The molecule has 5 heteroatoms. The summed E-state index contributed by atoms with van der Waals surface area (Å²) in [5.41, 5.74) is 3.30. The summed E-state index contributed by atoms with van der Waals surface area (Å²) in [5.74, 6) is -0.242. The van der Waals surface area contributed by atoms with Crippen LogP contribution < -0.4 is 0 Å². The largest absolute Gasteiger partial charge is 0.464 e. The van der Waals surface area contributed by atoms with E-state index in [0.717, 1.165) is 27.5 Å². The van der Waals surface area contributed by atoms with E-state index in [-0.39, 0.29) is 5.92 Å². The van der Waals surface area contributed by atoms with Crippen LogP contribution in [0.15, 0.2) is 24.3 Å². The van der Waals surface area contributed by atoms with Crippen molar-refractivity contribution in [2.75, 3.05) is 7.11 Å². The Labute approximate surface area is 133 Å². The Balaban J connectivity index is 2.50. The molecule has 0 saturated carbocycles. The number of pyridine rings is 1. The molecule has 2 aromatic heterocycles. The number of carbonyl (C=O) groups is 1. The quantitative estimate of drug-likeness (QED) is 0.662. The summed E-state index contributed by atoms with van der Waals surface area (Å²) in [6.45, 7) is 4.13. The zero-order valence-corrected chi connectivity index (χ0v) is 13.7. The number of rotatable bonds is 2. The molecule has 0 bridgehead atoms. The van der Waals surface area contributed by atoms with Crippen LogP contribution in [0.1, 0.15) is 35.9 Å². The SMILES string of the molecule is COC(=O)c1cc2c3cc(Cl)ccc3n(C)c2c(C(C)C)n1. The maximum Gasteiger partial charge on any atom is 0.356 e. The molecular weight excluding hydrogens is 300 g/mol. The Morgan fingerprint density at radius 2 is 2.00 bits per heavy atom. The van der Waals surface area contributed by atoms with Gasteiger partial charge in [-0.2, -0.15) is 0 Å². The zero-order valence-electron chi connectivity index (χ0n) is 13.0. The van der Waals surface area contributed by atoms with Gasteiger partial charge in [0.1, 0.15) is 5.69 Å². The molecule has 0 fully saturated rings. The van der Waals surface area contributed by atoms with Crippen molar-refractivity contribution in [3.8, 4) is 0 Å². The minimum Gasteiger partial charge on any atom is -0.464 e. The van der Waals surface area contributed by atoms with Crippen molar-refractivity contribution in [1.82, 2.24) is 9.55 Å². The van der Waals surface area contributed by atoms with Crippen molar-refractivity contribution in [1.29, 1.82) is 0 Å². The van der Waals surface area contributed by atoms with E-state index in [1.54, 1.807) is 6.07 Å². The smallest absolute Gasteiger partial charge is 0.356 e. The topological polar surface area (TPSA) is 44.1 Å². The molecule has 22 heavy (non-hydrogen) atoms. The number of fused-ring (bicyclic) bond motifs is 3. The van der Waals surface area contributed by atoms with Gasteiger partial charge in [-0.1, -0.05) is 25.4 Å². The molecule has 4 nitrogen and oxygen atoms in total. The minimum absolute atomic E-state index is 0.186. The molecule has 0 atom stereocenters. The lowest BCUT2D eigenvalue weighted by molar-refractivity contribution is 0.0594. The Hall–Kier alpha value is -2.07. The van der Waals surface area contributed by atoms with Crippen LogP contribution in [-0.2, 0) is 11.8 Å². The Kier molecular flexibility index (Phi) is 3.57. The average Bonchev–Trinajstić information content (AvgIpc) is 2.78. The monoisotopic (exact) mass is 316 g/mol. The molecule has 0 saturated heterocycles. The van der Waals surface area contributed by atoms with Crippen LogP contribution in [0.25, 0.3) is 21.8 Å². The third-order valence-electron chi connectivity index (χ3n) is 3.91. The molecule has 114 valence electrons. The number of aromatic nitrogens is 2. The number of carbonyl (C=O) groups excluding carboxylic acids is 1. The first-order chi connectivity index (χ1) is 10.4. The molecule has 0 aliphatic carbocycles. The standard InChI is InChI=1S/C17H17ClN2O2/c1-9(2)15-16-12(8-13(19-15)17(21)22-4)11-7-10(18)5-6-14(11)20(16)3/h5-9H,1-4H3. The van der Waals surface area contributed by atoms with Gasteiger partial charge in [-0.3, -0.25) is 0 Å². The van der Waals surface area contributed by atoms with E-state index in [1.807, 2.05) is 25.2 Å². The number of hydrogen-bond donors (Lipinski definition) is 0. The summed E-state index contributed by atoms with van der Waals surface area (Å²) in [6, 6.07) is 7.56. The first kappa shape index (κ1) is 14.9. The van der Waals surface area contributed by atoms with Crippen molar-refractivity contribution in [3.05, 3.63) is 40.7 Å². The molecule has 3 aromatic rings. The molecule has 0 spiro atoms. The van der Waals surface area contributed by atoms with E-state index in [9.17, 15) is 4.79 Å². The maximum atomic E-state index is 11.9. The molecule has 0 unspecified atom stereocenters. The van der Waals surface area contributed by atoms with Gasteiger partial charge in [0, 0.05) is 28.4 Å². The van der Waals surface area contributed by atoms with Crippen LogP contribution in [0.3, 0.4) is 0 Å². The molecule has 0 aliphatic heterocycles. The van der Waals surface area contributed by atoms with Crippen LogP contribution in [-0.4, -0.2) is 22.6 Å². The molecular formula is C17H17ClN2O2. The Bertz CT molecular complexity index is 897. The number of esters is 1. The van der Waals surface area contributed by atoms with Gasteiger partial charge in [-0.15, -0.1) is 0 Å². The van der Waals surface area contributed by atoms with Gasteiger partial charge in [0.25, 0.3) is 0 Å². The minimum atomic E-state index is -0.428. The third-order valence-corrected chi connectivity index (χ3v) is 4.14. The number of methoxy groups -OCH3 is 1. The van der Waals surface area contributed by atoms with Crippen LogP contribution in [0.2, 0.25) is 5.02 Å². The van der Waals surface area contributed by atoms with Gasteiger partial charge >= 0.3 is 5.97 Å². The number of aryl methyl sites for hydroxylation is 1. The van der Waals surface area contributed by atoms with Crippen LogP contribution in [0.5, 0.6) is 0 Å². The lowest BCUT2D eigenvalue weighted by Crippen LogP contribution is -2.08. The highest BCUT2D eigenvalue weighted by Gasteiger charge is 2.19. The second-order valence-corrected chi connectivity index (χ2v) is 6.09. The van der Waals surface area contributed by atoms with E-state index in [0.29, 0.717) is 10.7 Å². The number of nitrogens with zero attached hydrogens (tertiary/aromatic N) is 2. The van der Waals surface area contributed by atoms with Crippen LogP contribution in [0, 0.1) is 0 Å². The summed E-state index contributed by atoms with van der Waals surface area (Å²) in [4.78, 5) is 16.4. The Morgan fingerprint density at radius 3 is 2.64 bits per heavy atom. The second-order valence-electron chi connectivity index (χ2n) is 5.66. The first-order valence-electron chi connectivity index (χ1n) is 7.11. The molecule has 0 radical (unpaired) electrons.